The summed E-state index contributed by atoms with van der Waals surface area (Å²) in [5, 5.41) is 14.5. The van der Waals surface area contributed by atoms with Crippen molar-refractivity contribution in [2.45, 2.75) is 38.6 Å². The molecular formula is C19H26N4O3. The Hall–Kier alpha value is -2.41. The van der Waals surface area contributed by atoms with Crippen LogP contribution in [0.15, 0.2) is 29.1 Å². The molecule has 1 fully saturated rings. The van der Waals surface area contributed by atoms with Crippen LogP contribution in [0.3, 0.4) is 0 Å². The van der Waals surface area contributed by atoms with Crippen molar-refractivity contribution in [3.8, 4) is 0 Å². The molecule has 1 aromatic carbocycles. The van der Waals surface area contributed by atoms with Gasteiger partial charge in [-0.3, -0.25) is 9.59 Å². The maximum absolute atomic E-state index is 13.0. The topological polar surface area (TPSA) is 96.2 Å². The van der Waals surface area contributed by atoms with Gasteiger partial charge in [-0.05, 0) is 31.4 Å². The molecule has 0 unspecified atom stereocenters. The van der Waals surface area contributed by atoms with E-state index in [9.17, 15) is 9.59 Å². The Morgan fingerprint density at radius 1 is 1.35 bits per heavy atom. The van der Waals surface area contributed by atoms with Crippen LogP contribution in [0.2, 0.25) is 0 Å². The van der Waals surface area contributed by atoms with Crippen LogP contribution in [0.25, 0.3) is 11.0 Å². The first-order valence-electron chi connectivity index (χ1n) is 9.24. The molecule has 140 valence electrons. The molecule has 2 aromatic rings. The van der Waals surface area contributed by atoms with Gasteiger partial charge in [0.1, 0.15) is 0 Å². The second-order valence-corrected chi connectivity index (χ2v) is 7.00. The van der Waals surface area contributed by atoms with E-state index in [0.29, 0.717) is 24.8 Å². The standard InChI is InChI=1S/C19H26N4O3/c1-13(11-14-5-4-6-14)23-16-8-3-2-7-15(16)22-18(19(23)26)21-10-9-20-12-17(24)25/h2-3,7-8,13-14,20H,4-6,9-12H2,1H3,(H,21,22)(H,24,25)/t13-/m0/s1. The molecule has 0 amide bonds. The number of carboxylic acids is 1. The number of benzene rings is 1. The first-order valence-corrected chi connectivity index (χ1v) is 9.24. The summed E-state index contributed by atoms with van der Waals surface area (Å²) in [5.41, 5.74) is 1.53. The molecule has 7 heteroatoms. The summed E-state index contributed by atoms with van der Waals surface area (Å²) in [6, 6.07) is 7.82. The second-order valence-electron chi connectivity index (χ2n) is 7.00. The number of anilines is 1. The van der Waals surface area contributed by atoms with Gasteiger partial charge in [0.15, 0.2) is 5.82 Å². The number of nitrogens with one attached hydrogen (secondary N) is 2. The SMILES string of the molecule is C[C@@H](CC1CCC1)n1c(=O)c(NCCNCC(=O)O)nc2ccccc21. The number of aliphatic carboxylic acids is 1. The average Bonchev–Trinajstić information content (AvgIpc) is 2.57. The number of hydrogen-bond acceptors (Lipinski definition) is 5. The normalized spacial score (nSPS) is 15.6. The highest BCUT2D eigenvalue weighted by molar-refractivity contribution is 5.76. The zero-order chi connectivity index (χ0) is 18.5. The molecular weight excluding hydrogens is 332 g/mol. The van der Waals surface area contributed by atoms with E-state index in [1.807, 2.05) is 28.8 Å². The molecule has 0 spiro atoms. The number of para-hydroxylation sites is 2. The molecule has 1 aliphatic carbocycles. The molecule has 0 saturated heterocycles. The number of nitrogens with zero attached hydrogens (tertiary/aromatic N) is 2. The minimum absolute atomic E-state index is 0.102. The van der Waals surface area contributed by atoms with Crippen molar-refractivity contribution < 1.29 is 9.90 Å². The van der Waals surface area contributed by atoms with E-state index in [0.717, 1.165) is 17.5 Å². The molecule has 1 atom stereocenters. The van der Waals surface area contributed by atoms with Gasteiger partial charge >= 0.3 is 5.97 Å². The van der Waals surface area contributed by atoms with Gasteiger partial charge in [0, 0.05) is 19.1 Å². The van der Waals surface area contributed by atoms with Crippen molar-refractivity contribution in [2.24, 2.45) is 5.92 Å². The Morgan fingerprint density at radius 2 is 2.12 bits per heavy atom. The van der Waals surface area contributed by atoms with Crippen LogP contribution in [0, 0.1) is 5.92 Å². The van der Waals surface area contributed by atoms with Crippen LogP contribution < -0.4 is 16.2 Å². The summed E-state index contributed by atoms with van der Waals surface area (Å²) in [6.07, 6.45) is 4.80. The maximum Gasteiger partial charge on any atom is 0.317 e. The highest BCUT2D eigenvalue weighted by Crippen LogP contribution is 2.34. The summed E-state index contributed by atoms with van der Waals surface area (Å²) >= 11 is 0. The third-order valence-corrected chi connectivity index (χ3v) is 5.01. The lowest BCUT2D eigenvalue weighted by molar-refractivity contribution is -0.135. The van der Waals surface area contributed by atoms with E-state index in [1.54, 1.807) is 0 Å². The van der Waals surface area contributed by atoms with Crippen LogP contribution in [-0.4, -0.2) is 40.3 Å². The molecule has 26 heavy (non-hydrogen) atoms. The third-order valence-electron chi connectivity index (χ3n) is 5.01. The van der Waals surface area contributed by atoms with Gasteiger partial charge in [-0.2, -0.15) is 0 Å². The molecule has 1 aromatic heterocycles. The van der Waals surface area contributed by atoms with E-state index >= 15 is 0 Å². The molecule has 1 heterocycles. The van der Waals surface area contributed by atoms with E-state index in [2.05, 4.69) is 22.5 Å². The Morgan fingerprint density at radius 3 is 2.81 bits per heavy atom. The molecule has 1 saturated carbocycles. The first kappa shape index (κ1) is 18.4. The zero-order valence-electron chi connectivity index (χ0n) is 15.1. The lowest BCUT2D eigenvalue weighted by Crippen LogP contribution is -2.32. The van der Waals surface area contributed by atoms with Crippen LogP contribution in [0.4, 0.5) is 5.82 Å². The van der Waals surface area contributed by atoms with Crippen LogP contribution >= 0.6 is 0 Å². The van der Waals surface area contributed by atoms with Gasteiger partial charge in [0.05, 0.1) is 17.6 Å². The molecule has 0 aliphatic heterocycles. The fraction of sp³-hybridized carbons (Fsp3) is 0.526. The quantitative estimate of drug-likeness (QED) is 0.595. The van der Waals surface area contributed by atoms with Crippen molar-refractivity contribution in [3.05, 3.63) is 34.6 Å². The van der Waals surface area contributed by atoms with Crippen LogP contribution in [0.5, 0.6) is 0 Å². The van der Waals surface area contributed by atoms with Crippen LogP contribution in [0.1, 0.15) is 38.6 Å². The van der Waals surface area contributed by atoms with E-state index in [4.69, 9.17) is 5.11 Å². The Labute approximate surface area is 152 Å². The maximum atomic E-state index is 13.0. The first-order chi connectivity index (χ1) is 12.6. The lowest BCUT2D eigenvalue weighted by atomic mass is 9.81. The molecule has 3 N–H and O–H groups in total. The molecule has 1 aliphatic rings. The van der Waals surface area contributed by atoms with Crippen molar-refractivity contribution in [2.75, 3.05) is 25.0 Å². The number of rotatable bonds is 9. The van der Waals surface area contributed by atoms with Gasteiger partial charge in [0.25, 0.3) is 5.56 Å². The monoisotopic (exact) mass is 358 g/mol. The Bertz CT molecular complexity index is 829. The molecule has 0 bridgehead atoms. The number of carboxylic acid groups (broad SMARTS) is 1. The van der Waals surface area contributed by atoms with Gasteiger partial charge in [0.2, 0.25) is 0 Å². The van der Waals surface area contributed by atoms with Gasteiger partial charge in [-0.15, -0.1) is 0 Å². The summed E-state index contributed by atoms with van der Waals surface area (Å²) in [6.45, 7) is 2.88. The number of hydrogen-bond donors (Lipinski definition) is 3. The minimum Gasteiger partial charge on any atom is -0.480 e. The molecule has 3 rings (SSSR count). The summed E-state index contributed by atoms with van der Waals surface area (Å²) in [5.74, 6) is 0.128. The second kappa shape index (κ2) is 8.31. The highest BCUT2D eigenvalue weighted by Gasteiger charge is 2.23. The fourth-order valence-electron chi connectivity index (χ4n) is 3.49. The lowest BCUT2D eigenvalue weighted by Gasteiger charge is -2.29. The molecule has 7 nitrogen and oxygen atoms in total. The van der Waals surface area contributed by atoms with Crippen molar-refractivity contribution in [1.82, 2.24) is 14.9 Å². The number of aromatic nitrogens is 2. The minimum atomic E-state index is -0.902. The Balaban J connectivity index is 1.81. The molecule has 0 radical (unpaired) electrons. The van der Waals surface area contributed by atoms with Gasteiger partial charge < -0.3 is 20.3 Å². The zero-order valence-corrected chi connectivity index (χ0v) is 15.1. The van der Waals surface area contributed by atoms with Crippen LogP contribution in [-0.2, 0) is 4.79 Å². The van der Waals surface area contributed by atoms with E-state index < -0.39 is 5.97 Å². The number of carbonyl (C=O) groups is 1. The number of fused-ring (bicyclic) bond motifs is 1. The average molecular weight is 358 g/mol. The summed E-state index contributed by atoms with van der Waals surface area (Å²) in [4.78, 5) is 28.0. The van der Waals surface area contributed by atoms with Crippen molar-refractivity contribution >= 4 is 22.8 Å². The van der Waals surface area contributed by atoms with Gasteiger partial charge in [-0.25, -0.2) is 4.98 Å². The van der Waals surface area contributed by atoms with Crippen molar-refractivity contribution in [3.63, 3.8) is 0 Å². The predicted octanol–water partition coefficient (Wildman–Crippen LogP) is 2.23. The Kier molecular flexibility index (Phi) is 5.88. The van der Waals surface area contributed by atoms with E-state index in [1.165, 1.54) is 19.3 Å². The summed E-state index contributed by atoms with van der Waals surface area (Å²) < 4.78 is 1.85. The smallest absolute Gasteiger partial charge is 0.317 e. The van der Waals surface area contributed by atoms with Gasteiger partial charge in [-0.1, -0.05) is 31.4 Å². The fourth-order valence-corrected chi connectivity index (χ4v) is 3.49. The predicted molar refractivity (Wildman–Crippen MR) is 102 cm³/mol. The van der Waals surface area contributed by atoms with Crippen molar-refractivity contribution in [1.29, 1.82) is 0 Å². The van der Waals surface area contributed by atoms with E-state index in [-0.39, 0.29) is 18.1 Å². The summed E-state index contributed by atoms with van der Waals surface area (Å²) in [7, 11) is 0. The largest absolute Gasteiger partial charge is 0.480 e. The third kappa shape index (κ3) is 4.22. The highest BCUT2D eigenvalue weighted by atomic mass is 16.4.